The van der Waals surface area contributed by atoms with E-state index in [-0.39, 0.29) is 11.7 Å². The Bertz CT molecular complexity index is 674. The summed E-state index contributed by atoms with van der Waals surface area (Å²) >= 11 is 1.22. The number of carbonyl (C=O) groups is 1. The van der Waals surface area contributed by atoms with E-state index in [1.807, 2.05) is 24.3 Å². The van der Waals surface area contributed by atoms with Crippen molar-refractivity contribution in [2.75, 3.05) is 22.5 Å². The summed E-state index contributed by atoms with van der Waals surface area (Å²) in [6.45, 7) is 7.37. The second kappa shape index (κ2) is 8.59. The zero-order valence-corrected chi connectivity index (χ0v) is 15.0. The van der Waals surface area contributed by atoms with Gasteiger partial charge in [0, 0.05) is 36.1 Å². The molecule has 2 aromatic rings. The van der Waals surface area contributed by atoms with E-state index < -0.39 is 0 Å². The van der Waals surface area contributed by atoms with Gasteiger partial charge in [0.1, 0.15) is 0 Å². The first-order valence-electron chi connectivity index (χ1n) is 7.98. The Morgan fingerprint density at radius 1 is 1.25 bits per heavy atom. The van der Waals surface area contributed by atoms with Crippen molar-refractivity contribution in [3.8, 4) is 0 Å². The summed E-state index contributed by atoms with van der Waals surface area (Å²) < 4.78 is 0.762. The fraction of sp³-hybridized carbons (Fsp3) is 0.333. The van der Waals surface area contributed by atoms with Gasteiger partial charge in [-0.2, -0.15) is 4.73 Å². The normalized spacial score (nSPS) is 10.7. The van der Waals surface area contributed by atoms with Gasteiger partial charge < -0.3 is 15.4 Å². The maximum atomic E-state index is 12.0. The number of benzene rings is 1. The Balaban J connectivity index is 1.91. The van der Waals surface area contributed by atoms with E-state index in [9.17, 15) is 10.0 Å². The number of nitrogens with zero attached hydrogens (tertiary/aromatic N) is 2. The van der Waals surface area contributed by atoms with Crippen molar-refractivity contribution < 1.29 is 9.52 Å². The number of hydrogen-bond acceptors (Lipinski definition) is 4. The number of carbonyl (C=O) groups excluding carboxylic acids is 1. The molecule has 0 unspecified atom stereocenters. The van der Waals surface area contributed by atoms with Crippen LogP contribution in [0, 0.1) is 5.21 Å². The minimum Gasteiger partial charge on any atom is -0.618 e. The van der Waals surface area contributed by atoms with Gasteiger partial charge in [-0.25, -0.2) is 0 Å². The second-order valence-electron chi connectivity index (χ2n) is 5.63. The van der Waals surface area contributed by atoms with E-state index >= 15 is 0 Å². The van der Waals surface area contributed by atoms with Crippen LogP contribution in [0.5, 0.6) is 0 Å². The van der Waals surface area contributed by atoms with Gasteiger partial charge in [0.25, 0.3) is 5.03 Å². The van der Waals surface area contributed by atoms with E-state index in [1.54, 1.807) is 18.2 Å². The lowest BCUT2D eigenvalue weighted by atomic mass is 10.2. The summed E-state index contributed by atoms with van der Waals surface area (Å²) in [5.41, 5.74) is 1.89. The molecule has 1 aromatic carbocycles. The van der Waals surface area contributed by atoms with Crippen LogP contribution < -0.4 is 14.9 Å². The van der Waals surface area contributed by atoms with Crippen molar-refractivity contribution in [1.29, 1.82) is 0 Å². The molecule has 0 fully saturated rings. The highest BCUT2D eigenvalue weighted by molar-refractivity contribution is 7.99. The molecular formula is C18H23N3O2S. The van der Waals surface area contributed by atoms with Crippen molar-refractivity contribution in [1.82, 2.24) is 0 Å². The second-order valence-corrected chi connectivity index (χ2v) is 6.62. The van der Waals surface area contributed by atoms with E-state index in [0.29, 0.717) is 11.1 Å². The van der Waals surface area contributed by atoms with E-state index in [1.165, 1.54) is 18.0 Å². The zero-order chi connectivity index (χ0) is 17.5. The van der Waals surface area contributed by atoms with Crippen LogP contribution in [0.3, 0.4) is 0 Å². The number of thioether (sulfide) groups is 1. The summed E-state index contributed by atoms with van der Waals surface area (Å²) in [7, 11) is 0. The molecule has 0 radical (unpaired) electrons. The summed E-state index contributed by atoms with van der Waals surface area (Å²) in [6.07, 6.45) is 1.42. The van der Waals surface area contributed by atoms with Gasteiger partial charge in [-0.15, -0.1) is 0 Å². The number of amides is 1. The largest absolute Gasteiger partial charge is 0.618 e. The summed E-state index contributed by atoms with van der Waals surface area (Å²) in [6, 6.07) is 13.4. The maximum Gasteiger partial charge on any atom is 0.251 e. The Hall–Kier alpha value is -2.21. The van der Waals surface area contributed by atoms with Crippen molar-refractivity contribution >= 4 is 29.0 Å². The summed E-state index contributed by atoms with van der Waals surface area (Å²) in [5.74, 6) is 0.0639. The molecule has 5 nitrogen and oxygen atoms in total. The van der Waals surface area contributed by atoms with Crippen LogP contribution in [0.2, 0.25) is 0 Å². The first-order valence-corrected chi connectivity index (χ1v) is 8.97. The van der Waals surface area contributed by atoms with Crippen molar-refractivity contribution in [2.24, 2.45) is 0 Å². The first-order chi connectivity index (χ1) is 11.5. The van der Waals surface area contributed by atoms with Crippen LogP contribution in [0.15, 0.2) is 53.7 Å². The minimum atomic E-state index is -0.132. The molecule has 1 N–H and O–H groups in total. The van der Waals surface area contributed by atoms with Crippen molar-refractivity contribution in [2.45, 2.75) is 31.8 Å². The molecule has 0 saturated carbocycles. The molecule has 0 aliphatic heterocycles. The topological polar surface area (TPSA) is 59.3 Å². The Kier molecular flexibility index (Phi) is 6.49. The maximum absolute atomic E-state index is 12.0. The third kappa shape index (κ3) is 4.89. The highest BCUT2D eigenvalue weighted by Gasteiger charge is 2.11. The summed E-state index contributed by atoms with van der Waals surface area (Å²) in [4.78, 5) is 14.3. The van der Waals surface area contributed by atoms with Gasteiger partial charge in [-0.3, -0.25) is 4.79 Å². The third-order valence-corrected chi connectivity index (χ3v) is 4.60. The average molecular weight is 345 g/mol. The number of anilines is 2. The van der Waals surface area contributed by atoms with E-state index in [0.717, 1.165) is 22.6 Å². The average Bonchev–Trinajstić information content (AvgIpc) is 2.56. The molecule has 24 heavy (non-hydrogen) atoms. The smallest absolute Gasteiger partial charge is 0.251 e. The number of nitrogens with one attached hydrogen (secondary N) is 1. The molecule has 0 aliphatic rings. The molecule has 0 saturated heterocycles. The molecule has 1 aromatic heterocycles. The van der Waals surface area contributed by atoms with Gasteiger partial charge >= 0.3 is 0 Å². The highest BCUT2D eigenvalue weighted by Crippen LogP contribution is 2.20. The predicted molar refractivity (Wildman–Crippen MR) is 99.4 cm³/mol. The van der Waals surface area contributed by atoms with Crippen molar-refractivity contribution in [3.63, 3.8) is 0 Å². The molecule has 0 atom stereocenters. The number of hydrogen-bond donors (Lipinski definition) is 1. The lowest BCUT2D eigenvalue weighted by Crippen LogP contribution is -2.30. The zero-order valence-electron chi connectivity index (χ0n) is 14.2. The van der Waals surface area contributed by atoms with Crippen LogP contribution in [0.4, 0.5) is 11.4 Å². The van der Waals surface area contributed by atoms with Crippen LogP contribution in [-0.2, 0) is 4.79 Å². The fourth-order valence-electron chi connectivity index (χ4n) is 2.44. The number of rotatable bonds is 7. The quantitative estimate of drug-likeness (QED) is 0.475. The molecule has 6 heteroatoms. The lowest BCUT2D eigenvalue weighted by Gasteiger charge is -2.27. The van der Waals surface area contributed by atoms with Crippen molar-refractivity contribution in [3.05, 3.63) is 53.9 Å². The van der Waals surface area contributed by atoms with Gasteiger partial charge in [0.15, 0.2) is 6.20 Å². The Morgan fingerprint density at radius 2 is 1.96 bits per heavy atom. The lowest BCUT2D eigenvalue weighted by molar-refractivity contribution is -0.645. The molecule has 2 rings (SSSR count). The Morgan fingerprint density at radius 3 is 2.54 bits per heavy atom. The third-order valence-electron chi connectivity index (χ3n) is 3.59. The minimum absolute atomic E-state index is 0.132. The molecule has 0 spiro atoms. The van der Waals surface area contributed by atoms with Crippen LogP contribution in [0.25, 0.3) is 0 Å². The van der Waals surface area contributed by atoms with Gasteiger partial charge in [0.2, 0.25) is 5.91 Å². The summed E-state index contributed by atoms with van der Waals surface area (Å²) in [5, 5.41) is 14.9. The monoisotopic (exact) mass is 345 g/mol. The molecule has 1 amide bonds. The number of aromatic nitrogens is 1. The fourth-order valence-corrected chi connectivity index (χ4v) is 3.16. The molecule has 1 heterocycles. The van der Waals surface area contributed by atoms with Gasteiger partial charge in [-0.1, -0.05) is 0 Å². The van der Waals surface area contributed by atoms with E-state index in [2.05, 4.69) is 31.0 Å². The molecule has 0 bridgehead atoms. The number of pyridine rings is 1. The molecule has 0 aliphatic carbocycles. The van der Waals surface area contributed by atoms with Gasteiger partial charge in [-0.05, 0) is 62.9 Å². The van der Waals surface area contributed by atoms with Gasteiger partial charge in [0.05, 0.1) is 5.75 Å². The highest BCUT2D eigenvalue weighted by atomic mass is 32.2. The standard InChI is InChI=1S/C18H23N3O2S/c1-4-20(14(2)3)16-10-8-15(9-11-16)19-17(22)13-24-18-7-5-6-12-21(18)23/h5-12,14H,4,13H2,1-3H3,(H,19,22). The van der Waals surface area contributed by atoms with Crippen LogP contribution in [-0.4, -0.2) is 24.2 Å². The van der Waals surface area contributed by atoms with Crippen LogP contribution in [0.1, 0.15) is 20.8 Å². The van der Waals surface area contributed by atoms with Crippen LogP contribution >= 0.6 is 11.8 Å². The van der Waals surface area contributed by atoms with E-state index in [4.69, 9.17) is 0 Å². The molecule has 128 valence electrons. The predicted octanol–water partition coefficient (Wildman–Crippen LogP) is 3.29. The Labute approximate surface area is 147 Å². The first kappa shape index (κ1) is 18.1. The molecular weight excluding hydrogens is 322 g/mol. The SMILES string of the molecule is CCN(c1ccc(NC(=O)CSc2cccc[n+]2[O-])cc1)C(C)C.